The molecule has 0 aliphatic heterocycles. The van der Waals surface area contributed by atoms with Crippen molar-refractivity contribution in [3.8, 4) is 5.75 Å². The normalized spacial score (nSPS) is 10.5. The van der Waals surface area contributed by atoms with E-state index < -0.39 is 0 Å². The van der Waals surface area contributed by atoms with Crippen LogP contribution in [0, 0.1) is 0 Å². The monoisotopic (exact) mass is 320 g/mol. The summed E-state index contributed by atoms with van der Waals surface area (Å²) in [7, 11) is 0. The van der Waals surface area contributed by atoms with Crippen LogP contribution >= 0.6 is 15.9 Å². The molecule has 100 valence electrons. The number of rotatable bonds is 5. The SMILES string of the molecule is CC(C)Oc1ccc(NCc2cccc(Br)n2)cc1. The van der Waals surface area contributed by atoms with Gasteiger partial charge in [0, 0.05) is 5.69 Å². The third kappa shape index (κ3) is 4.56. The van der Waals surface area contributed by atoms with Gasteiger partial charge in [0.2, 0.25) is 0 Å². The number of nitrogens with one attached hydrogen (secondary N) is 1. The lowest BCUT2D eigenvalue weighted by Crippen LogP contribution is -2.05. The fourth-order valence-electron chi connectivity index (χ4n) is 1.66. The zero-order chi connectivity index (χ0) is 13.7. The second-order valence-corrected chi connectivity index (χ2v) is 5.31. The predicted molar refractivity (Wildman–Crippen MR) is 81.5 cm³/mol. The molecule has 3 nitrogen and oxygen atoms in total. The minimum absolute atomic E-state index is 0.199. The van der Waals surface area contributed by atoms with Crippen LogP contribution in [0.5, 0.6) is 5.75 Å². The molecule has 0 aliphatic rings. The number of pyridine rings is 1. The van der Waals surface area contributed by atoms with Gasteiger partial charge in [-0.2, -0.15) is 0 Å². The average molecular weight is 321 g/mol. The Labute approximate surface area is 122 Å². The summed E-state index contributed by atoms with van der Waals surface area (Å²) in [4.78, 5) is 4.37. The quantitative estimate of drug-likeness (QED) is 0.836. The standard InChI is InChI=1S/C15H17BrN2O/c1-11(2)19-14-8-6-12(7-9-14)17-10-13-4-3-5-15(16)18-13/h3-9,11,17H,10H2,1-2H3. The van der Waals surface area contributed by atoms with Crippen LogP contribution < -0.4 is 10.1 Å². The van der Waals surface area contributed by atoms with E-state index in [1.165, 1.54) is 0 Å². The van der Waals surface area contributed by atoms with Gasteiger partial charge >= 0.3 is 0 Å². The Kier molecular flexibility index (Phi) is 4.80. The molecule has 2 aromatic rings. The molecule has 19 heavy (non-hydrogen) atoms. The van der Waals surface area contributed by atoms with Gasteiger partial charge in [0.15, 0.2) is 0 Å². The van der Waals surface area contributed by atoms with E-state index >= 15 is 0 Å². The molecule has 0 saturated carbocycles. The molecule has 4 heteroatoms. The molecule has 2 rings (SSSR count). The van der Waals surface area contributed by atoms with Crippen LogP contribution in [0.15, 0.2) is 47.1 Å². The maximum absolute atomic E-state index is 5.60. The van der Waals surface area contributed by atoms with E-state index in [1.54, 1.807) is 0 Å². The van der Waals surface area contributed by atoms with Gasteiger partial charge in [-0.15, -0.1) is 0 Å². The Hall–Kier alpha value is -1.55. The van der Waals surface area contributed by atoms with Crippen LogP contribution in [0.1, 0.15) is 19.5 Å². The third-order valence-electron chi connectivity index (χ3n) is 2.47. The lowest BCUT2D eigenvalue weighted by Gasteiger charge is -2.11. The van der Waals surface area contributed by atoms with E-state index in [2.05, 4.69) is 26.2 Å². The number of aromatic nitrogens is 1. The molecule has 0 radical (unpaired) electrons. The van der Waals surface area contributed by atoms with Crippen molar-refractivity contribution in [2.75, 3.05) is 5.32 Å². The first kappa shape index (κ1) is 13.9. The van der Waals surface area contributed by atoms with Crippen molar-refractivity contribution in [3.63, 3.8) is 0 Å². The van der Waals surface area contributed by atoms with Crippen molar-refractivity contribution in [2.45, 2.75) is 26.5 Å². The van der Waals surface area contributed by atoms with Crippen LogP contribution in [-0.4, -0.2) is 11.1 Å². The molecule has 0 unspecified atom stereocenters. The molecule has 0 spiro atoms. The first-order valence-electron chi connectivity index (χ1n) is 6.25. The maximum Gasteiger partial charge on any atom is 0.119 e. The van der Waals surface area contributed by atoms with E-state index in [9.17, 15) is 0 Å². The highest BCUT2D eigenvalue weighted by Gasteiger charge is 1.99. The molecule has 0 fully saturated rings. The molecule has 0 aliphatic carbocycles. The van der Waals surface area contributed by atoms with E-state index in [1.807, 2.05) is 56.3 Å². The van der Waals surface area contributed by atoms with Gasteiger partial charge in [-0.25, -0.2) is 4.98 Å². The van der Waals surface area contributed by atoms with Gasteiger partial charge in [0.25, 0.3) is 0 Å². The van der Waals surface area contributed by atoms with E-state index in [4.69, 9.17) is 4.74 Å². The summed E-state index contributed by atoms with van der Waals surface area (Å²) in [6.45, 7) is 4.74. The zero-order valence-corrected chi connectivity index (χ0v) is 12.6. The summed E-state index contributed by atoms with van der Waals surface area (Å²) in [5, 5.41) is 3.33. The molecular formula is C15H17BrN2O. The van der Waals surface area contributed by atoms with Crippen LogP contribution in [0.2, 0.25) is 0 Å². The highest BCUT2D eigenvalue weighted by atomic mass is 79.9. The number of ether oxygens (including phenoxy) is 1. The maximum atomic E-state index is 5.60. The van der Waals surface area contributed by atoms with Gasteiger partial charge in [0.05, 0.1) is 18.3 Å². The van der Waals surface area contributed by atoms with E-state index in [0.29, 0.717) is 6.54 Å². The summed E-state index contributed by atoms with van der Waals surface area (Å²) in [6, 6.07) is 13.8. The second kappa shape index (κ2) is 6.57. The van der Waals surface area contributed by atoms with E-state index in [-0.39, 0.29) is 6.10 Å². The summed E-state index contributed by atoms with van der Waals surface area (Å²) in [6.07, 6.45) is 0.199. The largest absolute Gasteiger partial charge is 0.491 e. The number of anilines is 1. The van der Waals surface area contributed by atoms with Crippen molar-refractivity contribution >= 4 is 21.6 Å². The Morgan fingerprint density at radius 3 is 2.53 bits per heavy atom. The number of hydrogen-bond donors (Lipinski definition) is 1. The molecule has 1 aromatic heterocycles. The van der Waals surface area contributed by atoms with Gasteiger partial charge in [-0.05, 0) is 66.2 Å². The van der Waals surface area contributed by atoms with Gasteiger partial charge < -0.3 is 10.1 Å². The highest BCUT2D eigenvalue weighted by molar-refractivity contribution is 9.10. The minimum atomic E-state index is 0.199. The van der Waals surface area contributed by atoms with Crippen molar-refractivity contribution in [1.82, 2.24) is 4.98 Å². The molecular weight excluding hydrogens is 304 g/mol. The van der Waals surface area contributed by atoms with Crippen LogP contribution in [0.3, 0.4) is 0 Å². The summed E-state index contributed by atoms with van der Waals surface area (Å²) < 4.78 is 6.46. The van der Waals surface area contributed by atoms with Crippen molar-refractivity contribution in [2.24, 2.45) is 0 Å². The first-order chi connectivity index (χ1) is 9.13. The molecule has 0 atom stereocenters. The van der Waals surface area contributed by atoms with Crippen LogP contribution in [0.25, 0.3) is 0 Å². The smallest absolute Gasteiger partial charge is 0.119 e. The lowest BCUT2D eigenvalue weighted by molar-refractivity contribution is 0.242. The summed E-state index contributed by atoms with van der Waals surface area (Å²) >= 11 is 3.37. The molecule has 1 heterocycles. The predicted octanol–water partition coefficient (Wildman–Crippen LogP) is 4.24. The minimum Gasteiger partial charge on any atom is -0.491 e. The number of nitrogens with zero attached hydrogens (tertiary/aromatic N) is 1. The van der Waals surface area contributed by atoms with Crippen LogP contribution in [0.4, 0.5) is 5.69 Å². The van der Waals surface area contributed by atoms with Crippen LogP contribution in [-0.2, 0) is 6.54 Å². The van der Waals surface area contributed by atoms with Gasteiger partial charge in [-0.3, -0.25) is 0 Å². The zero-order valence-electron chi connectivity index (χ0n) is 11.1. The Morgan fingerprint density at radius 1 is 1.16 bits per heavy atom. The van der Waals surface area contributed by atoms with E-state index in [0.717, 1.165) is 21.7 Å². The Bertz CT molecular complexity index is 526. The fraction of sp³-hybridized carbons (Fsp3) is 0.267. The molecule has 0 bridgehead atoms. The third-order valence-corrected chi connectivity index (χ3v) is 2.91. The first-order valence-corrected chi connectivity index (χ1v) is 7.05. The highest BCUT2D eigenvalue weighted by Crippen LogP contribution is 2.17. The Balaban J connectivity index is 1.93. The second-order valence-electron chi connectivity index (χ2n) is 4.50. The number of benzene rings is 1. The molecule has 1 N–H and O–H groups in total. The molecule has 0 amide bonds. The van der Waals surface area contributed by atoms with Gasteiger partial charge in [-0.1, -0.05) is 6.07 Å². The molecule has 1 aromatic carbocycles. The van der Waals surface area contributed by atoms with Crippen molar-refractivity contribution in [3.05, 3.63) is 52.8 Å². The number of hydrogen-bond acceptors (Lipinski definition) is 3. The Morgan fingerprint density at radius 2 is 1.89 bits per heavy atom. The van der Waals surface area contributed by atoms with Crippen molar-refractivity contribution in [1.29, 1.82) is 0 Å². The number of halogens is 1. The topological polar surface area (TPSA) is 34.1 Å². The summed E-state index contributed by atoms with van der Waals surface area (Å²) in [5.74, 6) is 0.890. The van der Waals surface area contributed by atoms with Crippen molar-refractivity contribution < 1.29 is 4.74 Å². The average Bonchev–Trinajstić information content (AvgIpc) is 2.37. The lowest BCUT2D eigenvalue weighted by atomic mass is 10.3. The fourth-order valence-corrected chi connectivity index (χ4v) is 2.05. The summed E-state index contributed by atoms with van der Waals surface area (Å²) in [5.41, 5.74) is 2.05. The van der Waals surface area contributed by atoms with Gasteiger partial charge in [0.1, 0.15) is 10.4 Å². The molecule has 0 saturated heterocycles.